The van der Waals surface area contributed by atoms with E-state index in [0.717, 1.165) is 18.0 Å². The minimum Gasteiger partial charge on any atom is -0.332 e. The van der Waals surface area contributed by atoms with Crippen LogP contribution in [0.15, 0.2) is 29.3 Å². The van der Waals surface area contributed by atoms with Crippen molar-refractivity contribution < 1.29 is 31.5 Å². The molecule has 0 aromatic carbocycles. The minimum atomic E-state index is -4.78. The predicted molar refractivity (Wildman–Crippen MR) is 101 cm³/mol. The van der Waals surface area contributed by atoms with Crippen LogP contribution in [0.4, 0.5) is 27.6 Å². The summed E-state index contributed by atoms with van der Waals surface area (Å²) in [6, 6.07) is 2.47. The van der Waals surface area contributed by atoms with Gasteiger partial charge in [-0.25, -0.2) is 13.5 Å². The lowest BCUT2D eigenvalue weighted by Crippen LogP contribution is -2.30. The second-order valence-electron chi connectivity index (χ2n) is 6.35. The monoisotopic (exact) mass is 448 g/mol. The van der Waals surface area contributed by atoms with Gasteiger partial charge in [0.1, 0.15) is 17.6 Å². The van der Waals surface area contributed by atoms with Crippen LogP contribution in [0.1, 0.15) is 40.8 Å². The van der Waals surface area contributed by atoms with Crippen molar-refractivity contribution in [1.82, 2.24) is 14.3 Å². The average Bonchev–Trinajstić information content (AvgIpc) is 3.18. The molecule has 1 atom stereocenters. The molecule has 0 saturated heterocycles. The normalized spacial score (nSPS) is 14.3. The smallest absolute Gasteiger partial charge is 0.332 e. The van der Waals surface area contributed by atoms with Crippen molar-refractivity contribution in [3.63, 3.8) is 0 Å². The van der Waals surface area contributed by atoms with Gasteiger partial charge in [-0.05, 0) is 49.6 Å². The minimum absolute atomic E-state index is 0.158. The third kappa shape index (κ3) is 4.99. The molecule has 0 bridgehead atoms. The van der Waals surface area contributed by atoms with E-state index in [1.807, 2.05) is 0 Å². The molecule has 2 aromatic rings. The zero-order valence-electron chi connectivity index (χ0n) is 15.8. The predicted octanol–water partition coefficient (Wildman–Crippen LogP) is 4.89. The van der Waals surface area contributed by atoms with E-state index in [-0.39, 0.29) is 11.4 Å². The molecule has 6 nitrogen and oxygen atoms in total. The highest BCUT2D eigenvalue weighted by Crippen LogP contribution is 2.35. The van der Waals surface area contributed by atoms with Gasteiger partial charge in [0.05, 0.1) is 10.6 Å². The van der Waals surface area contributed by atoms with Crippen molar-refractivity contribution in [2.45, 2.75) is 44.3 Å². The summed E-state index contributed by atoms with van der Waals surface area (Å²) < 4.78 is 70.8. The van der Waals surface area contributed by atoms with E-state index >= 15 is 0 Å². The molecule has 0 spiro atoms. The molecule has 0 saturated carbocycles. The van der Waals surface area contributed by atoms with Gasteiger partial charge in [-0.1, -0.05) is 6.08 Å². The molecular weight excluding hydrogens is 431 g/mol. The number of hydrogen-bond donors (Lipinski definition) is 2. The Labute approximate surface area is 172 Å². The van der Waals surface area contributed by atoms with Gasteiger partial charge in [-0.15, -0.1) is 13.2 Å². The number of fused-ring (bicyclic) bond motifs is 1. The highest BCUT2D eigenvalue weighted by molar-refractivity contribution is 7.97. The molecule has 2 N–H and O–H groups in total. The lowest BCUT2D eigenvalue weighted by molar-refractivity contribution is -0.341. The lowest BCUT2D eigenvalue weighted by Gasteiger charge is -2.16. The quantitative estimate of drug-likeness (QED) is 0.359. The number of nitrogens with zero attached hydrogens (tertiary/aromatic N) is 2. The lowest BCUT2D eigenvalue weighted by atomic mass is 10.2. The van der Waals surface area contributed by atoms with Crippen molar-refractivity contribution in [2.75, 3.05) is 5.32 Å². The van der Waals surface area contributed by atoms with Crippen LogP contribution in [0.2, 0.25) is 0 Å². The Morgan fingerprint density at radius 3 is 2.77 bits per heavy atom. The van der Waals surface area contributed by atoms with Crippen LogP contribution < -0.4 is 10.0 Å². The summed E-state index contributed by atoms with van der Waals surface area (Å²) in [6.45, 7) is 3.26. The number of allylic oxidation sites excluding steroid dienone is 1. The van der Waals surface area contributed by atoms with Gasteiger partial charge in [-0.3, -0.25) is 14.5 Å². The fraction of sp³-hybridized carbons (Fsp3) is 0.333. The van der Waals surface area contributed by atoms with E-state index in [1.165, 1.54) is 19.2 Å². The van der Waals surface area contributed by atoms with Crippen LogP contribution in [0.25, 0.3) is 6.08 Å². The van der Waals surface area contributed by atoms with Crippen LogP contribution in [0.5, 0.6) is 0 Å². The second-order valence-corrected chi connectivity index (χ2v) is 7.20. The highest BCUT2D eigenvalue weighted by atomic mass is 32.2. The molecule has 162 valence electrons. The molecule has 1 aliphatic heterocycles. The first-order valence-electron chi connectivity index (χ1n) is 8.69. The van der Waals surface area contributed by atoms with Gasteiger partial charge in [0, 0.05) is 18.4 Å². The fourth-order valence-electron chi connectivity index (χ4n) is 2.99. The van der Waals surface area contributed by atoms with E-state index in [9.17, 15) is 26.7 Å². The summed E-state index contributed by atoms with van der Waals surface area (Å²) in [4.78, 5) is 17.0. The number of amides is 1. The summed E-state index contributed by atoms with van der Waals surface area (Å²) >= 11 is 0.916. The van der Waals surface area contributed by atoms with Gasteiger partial charge < -0.3 is 9.88 Å². The van der Waals surface area contributed by atoms with Crippen molar-refractivity contribution >= 4 is 29.6 Å². The Kier molecular flexibility index (Phi) is 6.48. The molecule has 12 heteroatoms. The number of carbonyl (C=O) groups is 1. The Balaban J connectivity index is 1.80. The topological polar surface area (TPSA) is 68.2 Å². The molecule has 0 fully saturated rings. The number of carbonyl (C=O) groups excluding carboxylic acids is 1. The number of alkyl halides is 5. The summed E-state index contributed by atoms with van der Waals surface area (Å²) in [5.74, 6) is -0.532. The van der Waals surface area contributed by atoms with Crippen molar-refractivity contribution in [2.24, 2.45) is 0 Å². The maximum Gasteiger partial charge on any atom is 0.524 e. The van der Waals surface area contributed by atoms with Crippen molar-refractivity contribution in [3.8, 4) is 0 Å². The average molecular weight is 448 g/mol. The van der Waals surface area contributed by atoms with Gasteiger partial charge >= 0.3 is 6.36 Å². The molecule has 0 radical (unpaired) electrons. The van der Waals surface area contributed by atoms with Crippen LogP contribution in [-0.2, 0) is 11.3 Å². The Morgan fingerprint density at radius 2 is 2.10 bits per heavy atom. The largest absolute Gasteiger partial charge is 0.524 e. The molecule has 1 aliphatic rings. The van der Waals surface area contributed by atoms with Gasteiger partial charge in [-0.2, -0.15) is 0 Å². The van der Waals surface area contributed by atoms with Crippen molar-refractivity contribution in [1.29, 1.82) is 0 Å². The van der Waals surface area contributed by atoms with E-state index < -0.39 is 30.6 Å². The van der Waals surface area contributed by atoms with Crippen LogP contribution >= 0.6 is 11.9 Å². The van der Waals surface area contributed by atoms with Crippen molar-refractivity contribution in [3.05, 3.63) is 47.1 Å². The number of halogens is 5. The van der Waals surface area contributed by atoms with Gasteiger partial charge in [0.15, 0.2) is 0 Å². The fourth-order valence-corrected chi connectivity index (χ4v) is 3.86. The number of ether oxygens (including phenoxy) is 1. The Hall–Kier alpha value is -2.44. The third-order valence-electron chi connectivity index (χ3n) is 4.17. The molecule has 30 heavy (non-hydrogen) atoms. The molecule has 2 aromatic heterocycles. The zero-order chi connectivity index (χ0) is 22.1. The first-order chi connectivity index (χ1) is 14.1. The number of anilines is 1. The molecule has 1 unspecified atom stereocenters. The molecule has 0 aliphatic carbocycles. The Bertz CT molecular complexity index is 974. The zero-order valence-corrected chi connectivity index (χ0v) is 16.6. The van der Waals surface area contributed by atoms with E-state index in [4.69, 9.17) is 0 Å². The summed E-state index contributed by atoms with van der Waals surface area (Å²) in [5, 5.41) is 2.57. The molecule has 3 rings (SSSR count). The van der Waals surface area contributed by atoms with E-state index in [1.54, 1.807) is 23.6 Å². The number of nitrogens with one attached hydrogen (secondary N) is 2. The first kappa shape index (κ1) is 22.2. The highest BCUT2D eigenvalue weighted by Gasteiger charge is 2.32. The number of hydrogen-bond acceptors (Lipinski definition) is 5. The van der Waals surface area contributed by atoms with Crippen LogP contribution in [-0.4, -0.2) is 28.0 Å². The summed E-state index contributed by atoms with van der Waals surface area (Å²) in [6.07, 6.45) is -4.16. The SMILES string of the molecule is Cc1c(SNC(C)OC(F)(F)F)c2n(c1C(=O)Nc1ccnc(C(F)F)c1)CC=C2. The molecule has 3 heterocycles. The number of aromatic nitrogens is 2. The second kappa shape index (κ2) is 8.74. The van der Waals surface area contributed by atoms with Gasteiger partial charge in [0.25, 0.3) is 12.3 Å². The Morgan fingerprint density at radius 1 is 1.37 bits per heavy atom. The third-order valence-corrected chi connectivity index (χ3v) is 5.34. The number of rotatable bonds is 7. The number of pyridine rings is 1. The molecule has 1 amide bonds. The van der Waals surface area contributed by atoms with Crippen LogP contribution in [0.3, 0.4) is 0 Å². The standard InChI is InChI=1S/C18H17F5N4O2S/c1-9-14(17(28)25-11-5-6-24-12(8-11)16(19)20)27-7-3-4-13(27)15(9)30-26-10(2)29-18(21,22)23/h3-6,8,10,16,26H,7H2,1-2H3,(H,24,25,28). The van der Waals surface area contributed by atoms with E-state index in [0.29, 0.717) is 22.7 Å². The van der Waals surface area contributed by atoms with E-state index in [2.05, 4.69) is 19.8 Å². The maximum atomic E-state index is 12.8. The summed E-state index contributed by atoms with van der Waals surface area (Å²) in [5.41, 5.74) is 1.15. The van der Waals surface area contributed by atoms with Gasteiger partial charge in [0.2, 0.25) is 0 Å². The summed E-state index contributed by atoms with van der Waals surface area (Å²) in [7, 11) is 0. The molecular formula is C18H17F5N4O2S. The first-order valence-corrected chi connectivity index (χ1v) is 9.50. The van der Waals surface area contributed by atoms with Crippen LogP contribution in [0, 0.1) is 6.92 Å². The maximum absolute atomic E-state index is 12.8.